The highest BCUT2D eigenvalue weighted by molar-refractivity contribution is 6.35. The molecule has 2 atom stereocenters. The number of amides is 3. The quantitative estimate of drug-likeness (QED) is 0.266. The maximum atomic E-state index is 14.1. The molecule has 8 nitrogen and oxygen atoms in total. The maximum Gasteiger partial charge on any atom is 0.310 e. The van der Waals surface area contributed by atoms with E-state index in [4.69, 9.17) is 10.00 Å². The van der Waals surface area contributed by atoms with Gasteiger partial charge in [-0.1, -0.05) is 42.2 Å². The van der Waals surface area contributed by atoms with Gasteiger partial charge < -0.3 is 20.7 Å². The van der Waals surface area contributed by atoms with Crippen molar-refractivity contribution in [1.82, 2.24) is 16.0 Å². The highest BCUT2D eigenvalue weighted by Crippen LogP contribution is 2.46. The number of carbonyl (C=O) groups excluding carboxylic acids is 3. The predicted octanol–water partition coefficient (Wildman–Crippen LogP) is 2.90. The summed E-state index contributed by atoms with van der Waals surface area (Å²) >= 11 is 0. The van der Waals surface area contributed by atoms with Crippen molar-refractivity contribution in [2.75, 3.05) is 7.11 Å². The normalized spacial score (nSPS) is 17.4. The van der Waals surface area contributed by atoms with Gasteiger partial charge in [-0.15, -0.1) is 0 Å². The van der Waals surface area contributed by atoms with E-state index < -0.39 is 29.2 Å². The molecule has 46 heavy (non-hydrogen) atoms. The van der Waals surface area contributed by atoms with Gasteiger partial charge >= 0.3 is 11.8 Å². The van der Waals surface area contributed by atoms with Crippen LogP contribution in [0.5, 0.6) is 5.75 Å². The van der Waals surface area contributed by atoms with Crippen LogP contribution in [0.1, 0.15) is 65.2 Å². The molecule has 3 aliphatic carbocycles. The molecule has 0 saturated heterocycles. The van der Waals surface area contributed by atoms with Gasteiger partial charge in [0.2, 0.25) is 0 Å². The van der Waals surface area contributed by atoms with Crippen LogP contribution in [0, 0.1) is 40.8 Å². The predicted molar refractivity (Wildman–Crippen MR) is 170 cm³/mol. The van der Waals surface area contributed by atoms with E-state index in [1.165, 1.54) is 25.0 Å². The first-order chi connectivity index (χ1) is 22.2. The average Bonchev–Trinajstić information content (AvgIpc) is 4.00. The lowest BCUT2D eigenvalue weighted by Crippen LogP contribution is -2.43. The molecule has 0 radical (unpaired) electrons. The number of nitrogens with zero attached hydrogens (tertiary/aromatic N) is 1. The Bertz CT molecular complexity index is 1980. The van der Waals surface area contributed by atoms with Gasteiger partial charge in [0.05, 0.1) is 35.9 Å². The second-order valence-electron chi connectivity index (χ2n) is 12.1. The number of rotatable bonds is 8. The van der Waals surface area contributed by atoms with Crippen LogP contribution in [0.3, 0.4) is 0 Å². The fraction of sp³-hybridized carbons (Fsp3) is 0.297. The van der Waals surface area contributed by atoms with Gasteiger partial charge in [-0.2, -0.15) is 5.26 Å². The van der Waals surface area contributed by atoms with E-state index in [-0.39, 0.29) is 23.6 Å². The fourth-order valence-corrected chi connectivity index (χ4v) is 5.83. The fourth-order valence-electron chi connectivity index (χ4n) is 5.83. The van der Waals surface area contributed by atoms with Crippen LogP contribution in [0.4, 0.5) is 4.39 Å². The Kier molecular flexibility index (Phi) is 8.34. The van der Waals surface area contributed by atoms with Crippen LogP contribution in [-0.4, -0.2) is 30.9 Å². The minimum Gasteiger partial charge on any atom is -0.496 e. The first kappa shape index (κ1) is 30.6. The minimum absolute atomic E-state index is 0.0423. The van der Waals surface area contributed by atoms with Crippen molar-refractivity contribution in [3.8, 4) is 23.7 Å². The van der Waals surface area contributed by atoms with Crippen molar-refractivity contribution in [3.63, 3.8) is 0 Å². The second kappa shape index (κ2) is 12.5. The summed E-state index contributed by atoms with van der Waals surface area (Å²) in [7, 11) is 1.67. The van der Waals surface area contributed by atoms with Crippen molar-refractivity contribution in [3.05, 3.63) is 98.7 Å². The van der Waals surface area contributed by atoms with Gasteiger partial charge in [0.1, 0.15) is 11.6 Å². The lowest BCUT2D eigenvalue weighted by Gasteiger charge is -2.20. The van der Waals surface area contributed by atoms with Gasteiger partial charge in [0.25, 0.3) is 5.91 Å². The summed E-state index contributed by atoms with van der Waals surface area (Å²) in [5, 5.41) is 19.4. The molecule has 3 aromatic carbocycles. The molecular formula is C37H33FN4O4. The Morgan fingerprint density at radius 2 is 1.85 bits per heavy atom. The van der Waals surface area contributed by atoms with Gasteiger partial charge in [-0.25, -0.2) is 4.39 Å². The molecule has 1 unspecified atom stereocenters. The summed E-state index contributed by atoms with van der Waals surface area (Å²) in [4.78, 5) is 38.7. The highest BCUT2D eigenvalue weighted by atomic mass is 19.1. The van der Waals surface area contributed by atoms with Gasteiger partial charge in [0, 0.05) is 17.3 Å². The first-order valence-electron chi connectivity index (χ1n) is 15.3. The zero-order chi connectivity index (χ0) is 32.4. The molecule has 0 spiro atoms. The summed E-state index contributed by atoms with van der Waals surface area (Å²) in [5.74, 6) is 4.53. The third-order valence-electron chi connectivity index (χ3n) is 8.72. The Balaban J connectivity index is 1.09. The Hall–Kier alpha value is -5.41. The first-order valence-corrected chi connectivity index (χ1v) is 15.3. The monoisotopic (exact) mass is 616 g/mol. The Labute approximate surface area is 266 Å². The molecule has 9 heteroatoms. The zero-order valence-electron chi connectivity index (χ0n) is 25.6. The molecule has 0 aliphatic heterocycles. The SMILES string of the molecule is COc1cc(C2(NC(=O)c3ccccc3CNC(=O)C(=O)N[C@@H](C)C#Cc3ccc(C#N)cc3F)CC2)cc2c1=CC(C1CC1)C=2. The number of methoxy groups -OCH3 is 1. The number of carbonyl (C=O) groups is 3. The molecule has 6 rings (SSSR count). The average molecular weight is 617 g/mol. The summed E-state index contributed by atoms with van der Waals surface area (Å²) in [5.41, 5.74) is 1.72. The number of nitrogens with one attached hydrogen (secondary N) is 3. The van der Waals surface area contributed by atoms with Gasteiger partial charge in [-0.3, -0.25) is 14.4 Å². The largest absolute Gasteiger partial charge is 0.496 e. The van der Waals surface area contributed by atoms with E-state index in [2.05, 4.69) is 46.0 Å². The third kappa shape index (κ3) is 6.50. The van der Waals surface area contributed by atoms with Crippen LogP contribution < -0.4 is 31.1 Å². The van der Waals surface area contributed by atoms with E-state index in [1.54, 1.807) is 38.3 Å². The van der Waals surface area contributed by atoms with Crippen LogP contribution in [0.25, 0.3) is 12.2 Å². The number of halogens is 1. The molecule has 2 saturated carbocycles. The smallest absolute Gasteiger partial charge is 0.310 e. The lowest BCUT2D eigenvalue weighted by atomic mass is 10.0. The molecule has 3 aliphatic rings. The maximum absolute atomic E-state index is 14.1. The van der Waals surface area contributed by atoms with Crippen molar-refractivity contribution in [1.29, 1.82) is 5.26 Å². The molecule has 0 aromatic heterocycles. The van der Waals surface area contributed by atoms with Crippen molar-refractivity contribution < 1.29 is 23.5 Å². The summed E-state index contributed by atoms with van der Waals surface area (Å²) in [6.07, 6.45) is 8.71. The summed E-state index contributed by atoms with van der Waals surface area (Å²) in [6, 6.07) is 16.1. The van der Waals surface area contributed by atoms with Crippen LogP contribution >= 0.6 is 0 Å². The van der Waals surface area contributed by atoms with Crippen molar-refractivity contribution in [2.24, 2.45) is 11.8 Å². The van der Waals surface area contributed by atoms with E-state index in [1.807, 2.05) is 12.1 Å². The van der Waals surface area contributed by atoms with Crippen LogP contribution in [0.2, 0.25) is 0 Å². The van der Waals surface area contributed by atoms with E-state index >= 15 is 0 Å². The number of hydrogen-bond donors (Lipinski definition) is 3. The van der Waals surface area contributed by atoms with E-state index in [0.717, 1.165) is 40.7 Å². The van der Waals surface area contributed by atoms with Gasteiger partial charge in [-0.05, 0) is 97.2 Å². The molecule has 0 heterocycles. The lowest BCUT2D eigenvalue weighted by molar-refractivity contribution is -0.139. The Morgan fingerprint density at radius 3 is 2.54 bits per heavy atom. The van der Waals surface area contributed by atoms with Gasteiger partial charge in [0.15, 0.2) is 0 Å². The number of benzene rings is 3. The molecule has 0 bridgehead atoms. The molecule has 3 N–H and O–H groups in total. The number of nitriles is 1. The summed E-state index contributed by atoms with van der Waals surface area (Å²) in [6.45, 7) is 1.52. The molecule has 232 valence electrons. The van der Waals surface area contributed by atoms with Crippen molar-refractivity contribution >= 4 is 29.9 Å². The zero-order valence-corrected chi connectivity index (χ0v) is 25.6. The van der Waals surface area contributed by atoms with Crippen LogP contribution in [0.15, 0.2) is 54.6 Å². The number of ether oxygens (including phenoxy) is 1. The topological polar surface area (TPSA) is 120 Å². The standard InChI is InChI=1S/C37H33FN4O4/c1-22(7-9-25-10-8-23(20-39)15-32(25)38)41-36(45)35(44)40-21-26-5-3-4-6-30(26)34(43)42-37(13-14-37)29-17-28-16-27(24-11-12-24)18-31(28)33(19-29)46-2/h3-6,8,10,15-19,22,24,27H,11-14,21H2,1-2H3,(H,40,44)(H,41,45)(H,42,43)/t22-,27?/m0/s1. The van der Waals surface area contributed by atoms with Crippen molar-refractivity contribution in [2.45, 2.75) is 50.7 Å². The number of fused-ring (bicyclic) bond motifs is 1. The minimum atomic E-state index is -0.913. The summed E-state index contributed by atoms with van der Waals surface area (Å²) < 4.78 is 19.8. The molecule has 2 fully saturated rings. The Morgan fingerprint density at radius 1 is 1.07 bits per heavy atom. The molecule has 3 aromatic rings. The number of hydrogen-bond acceptors (Lipinski definition) is 5. The van der Waals surface area contributed by atoms with E-state index in [9.17, 15) is 18.8 Å². The third-order valence-corrected chi connectivity index (χ3v) is 8.72. The second-order valence-corrected chi connectivity index (χ2v) is 12.1. The van der Waals surface area contributed by atoms with E-state index in [0.29, 0.717) is 23.0 Å². The molecule has 3 amide bonds. The molecular weight excluding hydrogens is 583 g/mol. The highest BCUT2D eigenvalue weighted by Gasteiger charge is 2.46. The van der Waals surface area contributed by atoms with Crippen LogP contribution in [-0.2, 0) is 21.7 Å².